The molecule has 0 aliphatic carbocycles. The maximum atomic E-state index is 2.29. The van der Waals surface area contributed by atoms with E-state index in [1.807, 2.05) is 0 Å². The van der Waals surface area contributed by atoms with Crippen LogP contribution in [0, 0.1) is 0 Å². The second kappa shape index (κ2) is 6.98. The molecule has 1 aromatic carbocycles. The van der Waals surface area contributed by atoms with Gasteiger partial charge in [-0.3, -0.25) is 0 Å². The van der Waals surface area contributed by atoms with Gasteiger partial charge in [-0.15, -0.1) is 0 Å². The van der Waals surface area contributed by atoms with E-state index in [-0.39, 0.29) is 9.90 Å². The number of nitrogens with zero attached hydrogens (tertiary/aromatic N) is 1. The van der Waals surface area contributed by atoms with Crippen molar-refractivity contribution in [1.29, 1.82) is 0 Å². The highest BCUT2D eigenvalue weighted by molar-refractivity contribution is 6.92. The zero-order valence-electron chi connectivity index (χ0n) is 10.4. The van der Waals surface area contributed by atoms with Gasteiger partial charge in [-0.1, -0.05) is 30.3 Å². The third-order valence-corrected chi connectivity index (χ3v) is 3.37. The molecule has 15 heavy (non-hydrogen) atoms. The lowest BCUT2D eigenvalue weighted by Gasteiger charge is -2.35. The first-order valence-electron chi connectivity index (χ1n) is 5.65. The van der Waals surface area contributed by atoms with Gasteiger partial charge in [0, 0.05) is 5.56 Å². The second-order valence-electron chi connectivity index (χ2n) is 3.93. The van der Waals surface area contributed by atoms with E-state index in [1.54, 1.807) is 0 Å². The Morgan fingerprint density at radius 1 is 0.867 bits per heavy atom. The molecule has 0 saturated carbocycles. The maximum Gasteiger partial charge on any atom is 0.104 e. The summed E-state index contributed by atoms with van der Waals surface area (Å²) in [5.74, 6) is 0. The van der Waals surface area contributed by atoms with Crippen LogP contribution in [0.25, 0.3) is 0 Å². The monoisotopic (exact) mass is 226 g/mol. The summed E-state index contributed by atoms with van der Waals surface area (Å²) in [4.78, 5) is 0. The van der Waals surface area contributed by atoms with Crippen molar-refractivity contribution < 1.29 is 4.48 Å². The Kier molecular flexibility index (Phi) is 6.80. The number of benzene rings is 1. The lowest BCUT2D eigenvalue weighted by atomic mass is 10.2. The maximum absolute atomic E-state index is 2.29. The van der Waals surface area contributed by atoms with Gasteiger partial charge in [0.05, 0.1) is 19.6 Å². The SMILES string of the molecule is CC[N+](CC)(CC)Cc1ccccc1.P. The van der Waals surface area contributed by atoms with E-state index in [2.05, 4.69) is 51.1 Å². The molecule has 0 aliphatic heterocycles. The van der Waals surface area contributed by atoms with Gasteiger partial charge < -0.3 is 4.48 Å². The van der Waals surface area contributed by atoms with E-state index >= 15 is 0 Å². The fourth-order valence-electron chi connectivity index (χ4n) is 1.98. The molecule has 1 unspecified atom stereocenters. The fraction of sp³-hybridized carbons (Fsp3) is 0.538. The molecule has 0 spiro atoms. The van der Waals surface area contributed by atoms with Crippen molar-refractivity contribution in [2.24, 2.45) is 0 Å². The lowest BCUT2D eigenvalue weighted by molar-refractivity contribution is -0.936. The Morgan fingerprint density at radius 3 is 1.73 bits per heavy atom. The molecule has 0 bridgehead atoms. The Bertz CT molecular complexity index is 246. The summed E-state index contributed by atoms with van der Waals surface area (Å²) in [6, 6.07) is 10.8. The topological polar surface area (TPSA) is 0 Å². The number of hydrogen-bond donors (Lipinski definition) is 0. The van der Waals surface area contributed by atoms with E-state index in [9.17, 15) is 0 Å². The lowest BCUT2D eigenvalue weighted by Crippen LogP contribution is -2.46. The highest BCUT2D eigenvalue weighted by Crippen LogP contribution is 2.13. The van der Waals surface area contributed by atoms with Gasteiger partial charge in [-0.05, 0) is 20.8 Å². The van der Waals surface area contributed by atoms with Gasteiger partial charge in [0.1, 0.15) is 6.54 Å². The Labute approximate surface area is 97.7 Å². The molecule has 1 aromatic rings. The van der Waals surface area contributed by atoms with Crippen molar-refractivity contribution in [3.8, 4) is 0 Å². The van der Waals surface area contributed by atoms with E-state index in [4.69, 9.17) is 0 Å². The first kappa shape index (κ1) is 14.6. The quantitative estimate of drug-likeness (QED) is 0.534. The molecule has 0 aliphatic rings. The van der Waals surface area contributed by atoms with Crippen LogP contribution in [0.15, 0.2) is 30.3 Å². The van der Waals surface area contributed by atoms with Gasteiger partial charge >= 0.3 is 0 Å². The average molecular weight is 226 g/mol. The summed E-state index contributed by atoms with van der Waals surface area (Å²) in [5.41, 5.74) is 1.46. The van der Waals surface area contributed by atoms with E-state index in [0.717, 1.165) is 0 Å². The van der Waals surface area contributed by atoms with Crippen molar-refractivity contribution >= 4 is 9.90 Å². The molecule has 86 valence electrons. The molecule has 0 saturated heterocycles. The molecule has 0 amide bonds. The van der Waals surface area contributed by atoms with Crippen molar-refractivity contribution in [2.45, 2.75) is 27.3 Å². The molecule has 0 N–H and O–H groups in total. The van der Waals surface area contributed by atoms with Crippen LogP contribution in [0.2, 0.25) is 0 Å². The highest BCUT2D eigenvalue weighted by atomic mass is 31.0. The van der Waals surface area contributed by atoms with Crippen LogP contribution in [-0.2, 0) is 6.54 Å². The Hall–Kier alpha value is -0.390. The average Bonchev–Trinajstić information content (AvgIpc) is 2.28. The van der Waals surface area contributed by atoms with Crippen molar-refractivity contribution in [2.75, 3.05) is 19.6 Å². The van der Waals surface area contributed by atoms with Gasteiger partial charge in [-0.2, -0.15) is 9.90 Å². The van der Waals surface area contributed by atoms with Crippen LogP contribution < -0.4 is 0 Å². The van der Waals surface area contributed by atoms with Crippen molar-refractivity contribution in [3.05, 3.63) is 35.9 Å². The smallest absolute Gasteiger partial charge is 0.104 e. The van der Waals surface area contributed by atoms with Crippen LogP contribution in [0.5, 0.6) is 0 Å². The van der Waals surface area contributed by atoms with Crippen LogP contribution >= 0.6 is 9.90 Å². The molecule has 0 fully saturated rings. The second-order valence-corrected chi connectivity index (χ2v) is 3.93. The third kappa shape index (κ3) is 3.93. The zero-order chi connectivity index (χ0) is 10.4. The van der Waals surface area contributed by atoms with Crippen LogP contribution in [-0.4, -0.2) is 24.1 Å². The van der Waals surface area contributed by atoms with Crippen LogP contribution in [0.1, 0.15) is 26.3 Å². The van der Waals surface area contributed by atoms with E-state index in [1.165, 1.54) is 36.2 Å². The third-order valence-electron chi connectivity index (χ3n) is 3.37. The molecular formula is C13H25NP+. The van der Waals surface area contributed by atoms with E-state index < -0.39 is 0 Å². The summed E-state index contributed by atoms with van der Waals surface area (Å²) in [6.07, 6.45) is 0. The summed E-state index contributed by atoms with van der Waals surface area (Å²) >= 11 is 0. The molecule has 0 heterocycles. The van der Waals surface area contributed by atoms with Gasteiger partial charge in [0.2, 0.25) is 0 Å². The fourth-order valence-corrected chi connectivity index (χ4v) is 1.98. The zero-order valence-corrected chi connectivity index (χ0v) is 11.8. The summed E-state index contributed by atoms with van der Waals surface area (Å²) in [5, 5.41) is 0. The number of hydrogen-bond acceptors (Lipinski definition) is 0. The molecule has 2 heteroatoms. The van der Waals surface area contributed by atoms with Gasteiger partial charge in [0.15, 0.2) is 0 Å². The molecule has 1 atom stereocenters. The van der Waals surface area contributed by atoms with E-state index in [0.29, 0.717) is 0 Å². The predicted octanol–water partition coefficient (Wildman–Crippen LogP) is 3.12. The Morgan fingerprint density at radius 2 is 1.33 bits per heavy atom. The summed E-state index contributed by atoms with van der Waals surface area (Å²) in [6.45, 7) is 11.7. The standard InChI is InChI=1S/C13H22N.H3P/c1-4-14(5-2,6-3)12-13-10-8-7-9-11-13;/h7-11H,4-6,12H2,1-3H3;1H3/q+1;. The highest BCUT2D eigenvalue weighted by Gasteiger charge is 2.20. The molecule has 1 rings (SSSR count). The first-order valence-corrected chi connectivity index (χ1v) is 5.65. The minimum atomic E-state index is 0. The minimum absolute atomic E-state index is 0. The molecule has 1 nitrogen and oxygen atoms in total. The molecular weight excluding hydrogens is 201 g/mol. The summed E-state index contributed by atoms with van der Waals surface area (Å²) in [7, 11) is 0. The molecule has 0 aromatic heterocycles. The predicted molar refractivity (Wildman–Crippen MR) is 73.1 cm³/mol. The number of quaternary nitrogens is 1. The molecule has 0 radical (unpaired) electrons. The van der Waals surface area contributed by atoms with Gasteiger partial charge in [-0.25, -0.2) is 0 Å². The Balaban J connectivity index is 0.00000196. The van der Waals surface area contributed by atoms with Crippen molar-refractivity contribution in [1.82, 2.24) is 0 Å². The van der Waals surface area contributed by atoms with Crippen molar-refractivity contribution in [3.63, 3.8) is 0 Å². The largest absolute Gasteiger partial charge is 0.321 e. The van der Waals surface area contributed by atoms with Crippen LogP contribution in [0.4, 0.5) is 0 Å². The minimum Gasteiger partial charge on any atom is -0.321 e. The first-order chi connectivity index (χ1) is 6.76. The summed E-state index contributed by atoms with van der Waals surface area (Å²) < 4.78 is 1.20. The van der Waals surface area contributed by atoms with Crippen LogP contribution in [0.3, 0.4) is 0 Å². The van der Waals surface area contributed by atoms with Gasteiger partial charge in [0.25, 0.3) is 0 Å². The number of rotatable bonds is 5. The normalized spacial score (nSPS) is 10.9.